The molecule has 3 fully saturated rings. The Morgan fingerprint density at radius 3 is 2.60 bits per heavy atom. The van der Waals surface area contributed by atoms with Crippen LogP contribution < -0.4 is 0 Å². The van der Waals surface area contributed by atoms with Crippen LogP contribution in [0.1, 0.15) is 65.7 Å². The first-order chi connectivity index (χ1) is 11.8. The lowest BCUT2D eigenvalue weighted by Gasteiger charge is -2.55. The highest BCUT2D eigenvalue weighted by atomic mass is 16.5. The number of allylic oxidation sites excluding steroid dienone is 2. The van der Waals surface area contributed by atoms with Crippen molar-refractivity contribution in [3.8, 4) is 0 Å². The molecule has 0 spiro atoms. The van der Waals surface area contributed by atoms with Gasteiger partial charge < -0.3 is 4.74 Å². The molecule has 0 unspecified atom stereocenters. The number of ether oxygens (including phenoxy) is 1. The van der Waals surface area contributed by atoms with Crippen molar-refractivity contribution < 1.29 is 19.1 Å². The van der Waals surface area contributed by atoms with Gasteiger partial charge in [-0.15, -0.1) is 0 Å². The van der Waals surface area contributed by atoms with Crippen LogP contribution in [0.15, 0.2) is 11.6 Å². The molecule has 0 aromatic carbocycles. The van der Waals surface area contributed by atoms with E-state index in [1.54, 1.807) is 6.08 Å². The van der Waals surface area contributed by atoms with Gasteiger partial charge in [0.05, 0.1) is 0 Å². The zero-order chi connectivity index (χ0) is 18.0. The highest BCUT2D eigenvalue weighted by Gasteiger charge is 2.62. The number of fused-ring (bicyclic) bond motifs is 5. The van der Waals surface area contributed by atoms with Gasteiger partial charge in [0.2, 0.25) is 0 Å². The fourth-order valence-electron chi connectivity index (χ4n) is 6.67. The van der Waals surface area contributed by atoms with E-state index >= 15 is 0 Å². The molecule has 0 aliphatic heterocycles. The number of hydrogen-bond acceptors (Lipinski definition) is 4. The minimum atomic E-state index is -0.226. The van der Waals surface area contributed by atoms with Crippen molar-refractivity contribution in [3.05, 3.63) is 11.6 Å². The first kappa shape index (κ1) is 17.0. The van der Waals surface area contributed by atoms with E-state index in [1.165, 1.54) is 6.92 Å². The summed E-state index contributed by atoms with van der Waals surface area (Å²) in [6, 6.07) is 0. The highest BCUT2D eigenvalue weighted by molar-refractivity contribution is 6.06. The lowest BCUT2D eigenvalue weighted by atomic mass is 9.47. The van der Waals surface area contributed by atoms with Gasteiger partial charge in [-0.2, -0.15) is 0 Å². The van der Waals surface area contributed by atoms with Crippen molar-refractivity contribution in [3.63, 3.8) is 0 Å². The fraction of sp³-hybridized carbons (Fsp3) is 0.762. The van der Waals surface area contributed by atoms with E-state index in [0.29, 0.717) is 6.42 Å². The Balaban J connectivity index is 1.71. The number of carbonyl (C=O) groups is 3. The molecule has 0 saturated heterocycles. The summed E-state index contributed by atoms with van der Waals surface area (Å²) in [6.07, 6.45) is 7.85. The molecule has 4 rings (SSSR count). The van der Waals surface area contributed by atoms with Crippen LogP contribution in [0.4, 0.5) is 0 Å². The van der Waals surface area contributed by atoms with Gasteiger partial charge in [0, 0.05) is 30.3 Å². The van der Waals surface area contributed by atoms with Gasteiger partial charge in [-0.05, 0) is 61.9 Å². The number of hydrogen-bond donors (Lipinski definition) is 0. The molecule has 6 atom stereocenters. The summed E-state index contributed by atoms with van der Waals surface area (Å²) in [5.41, 5.74) is 0.542. The van der Waals surface area contributed by atoms with Crippen LogP contribution in [0.3, 0.4) is 0 Å². The number of Topliss-reactive ketones (excluding diaryl/α,β-unsaturated/α-hetero) is 1. The molecular formula is C21H28O4. The van der Waals surface area contributed by atoms with Crippen LogP contribution >= 0.6 is 0 Å². The van der Waals surface area contributed by atoms with E-state index in [-0.39, 0.29) is 52.2 Å². The molecule has 0 radical (unpaired) electrons. The first-order valence-electron chi connectivity index (χ1n) is 9.74. The molecule has 136 valence electrons. The van der Waals surface area contributed by atoms with Gasteiger partial charge in [0.15, 0.2) is 11.6 Å². The molecule has 0 aromatic heterocycles. The number of esters is 1. The van der Waals surface area contributed by atoms with Crippen LogP contribution in [0.25, 0.3) is 0 Å². The topological polar surface area (TPSA) is 60.4 Å². The maximum absolute atomic E-state index is 13.0. The average Bonchev–Trinajstić information content (AvgIpc) is 2.85. The molecule has 0 aromatic rings. The van der Waals surface area contributed by atoms with Gasteiger partial charge in [-0.1, -0.05) is 13.8 Å². The lowest BCUT2D eigenvalue weighted by molar-refractivity contribution is -0.158. The van der Waals surface area contributed by atoms with Crippen molar-refractivity contribution in [2.24, 2.45) is 28.6 Å². The second-order valence-corrected chi connectivity index (χ2v) is 9.11. The SMILES string of the molecule is CC(=O)O[C@H]1CC[C@H]2[C@@H]3C(=O)C=C4C(=O)CCC[C@]4(C)[C@H]3CC[C@]12C. The van der Waals surface area contributed by atoms with Crippen molar-refractivity contribution in [2.75, 3.05) is 0 Å². The Labute approximate surface area is 149 Å². The van der Waals surface area contributed by atoms with Gasteiger partial charge in [-0.3, -0.25) is 14.4 Å². The number of carbonyl (C=O) groups excluding carboxylic acids is 3. The van der Waals surface area contributed by atoms with Crippen LogP contribution in [0.2, 0.25) is 0 Å². The molecule has 0 heterocycles. The predicted octanol–water partition coefficient (Wildman–Crippen LogP) is 3.63. The smallest absolute Gasteiger partial charge is 0.302 e. The second kappa shape index (κ2) is 5.52. The summed E-state index contributed by atoms with van der Waals surface area (Å²) in [7, 11) is 0. The van der Waals surface area contributed by atoms with E-state index in [4.69, 9.17) is 4.74 Å². The van der Waals surface area contributed by atoms with E-state index in [2.05, 4.69) is 13.8 Å². The van der Waals surface area contributed by atoms with Gasteiger partial charge >= 0.3 is 5.97 Å². The molecule has 25 heavy (non-hydrogen) atoms. The van der Waals surface area contributed by atoms with E-state index in [1.807, 2.05) is 0 Å². The zero-order valence-corrected chi connectivity index (χ0v) is 15.5. The molecule has 4 heteroatoms. The maximum atomic E-state index is 13.0. The normalized spacial score (nSPS) is 46.0. The lowest BCUT2D eigenvalue weighted by Crippen LogP contribution is -2.54. The first-order valence-corrected chi connectivity index (χ1v) is 9.74. The van der Waals surface area contributed by atoms with E-state index < -0.39 is 0 Å². The Morgan fingerprint density at radius 2 is 1.88 bits per heavy atom. The van der Waals surface area contributed by atoms with Crippen molar-refractivity contribution in [2.45, 2.75) is 71.8 Å². The molecule has 4 aliphatic rings. The standard InChI is InChI=1S/C21H28O4/c1-12(22)25-18-7-6-13-19-14(8-10-21(13,18)3)20(2)9-4-5-16(23)15(20)11-17(19)24/h11,13-14,18-19H,4-10H2,1-3H3/t13-,14-,18-,19-,20+,21-/m0/s1. The Morgan fingerprint density at radius 1 is 1.12 bits per heavy atom. The highest BCUT2D eigenvalue weighted by Crippen LogP contribution is 2.64. The van der Waals surface area contributed by atoms with Gasteiger partial charge in [0.25, 0.3) is 0 Å². The third-order valence-electron chi connectivity index (χ3n) is 7.94. The summed E-state index contributed by atoms with van der Waals surface area (Å²) >= 11 is 0. The molecule has 0 amide bonds. The summed E-state index contributed by atoms with van der Waals surface area (Å²) in [5, 5.41) is 0. The minimum Gasteiger partial charge on any atom is -0.462 e. The quantitative estimate of drug-likeness (QED) is 0.682. The Kier molecular flexibility index (Phi) is 3.75. The second-order valence-electron chi connectivity index (χ2n) is 9.11. The molecule has 4 nitrogen and oxygen atoms in total. The molecule has 0 bridgehead atoms. The average molecular weight is 344 g/mol. The Bertz CT molecular complexity index is 677. The predicted molar refractivity (Wildman–Crippen MR) is 92.7 cm³/mol. The van der Waals surface area contributed by atoms with E-state index in [9.17, 15) is 14.4 Å². The third kappa shape index (κ3) is 2.29. The minimum absolute atomic E-state index is 0.0149. The van der Waals surface area contributed by atoms with E-state index in [0.717, 1.165) is 44.1 Å². The Hall–Kier alpha value is -1.45. The maximum Gasteiger partial charge on any atom is 0.302 e. The van der Waals surface area contributed by atoms with Crippen molar-refractivity contribution in [1.29, 1.82) is 0 Å². The molecule has 0 N–H and O–H groups in total. The van der Waals surface area contributed by atoms with Crippen LogP contribution in [-0.2, 0) is 19.1 Å². The molecule has 3 saturated carbocycles. The number of ketones is 2. The molecule has 4 aliphatic carbocycles. The van der Waals surface area contributed by atoms with Gasteiger partial charge in [-0.25, -0.2) is 0 Å². The van der Waals surface area contributed by atoms with Crippen LogP contribution in [-0.4, -0.2) is 23.6 Å². The summed E-state index contributed by atoms with van der Waals surface area (Å²) < 4.78 is 5.63. The summed E-state index contributed by atoms with van der Waals surface area (Å²) in [6.45, 7) is 5.88. The summed E-state index contributed by atoms with van der Waals surface area (Å²) in [5.74, 6) is 0.605. The van der Waals surface area contributed by atoms with Crippen molar-refractivity contribution >= 4 is 17.5 Å². The molecular weight excluding hydrogens is 316 g/mol. The monoisotopic (exact) mass is 344 g/mol. The number of rotatable bonds is 1. The van der Waals surface area contributed by atoms with Crippen molar-refractivity contribution in [1.82, 2.24) is 0 Å². The zero-order valence-electron chi connectivity index (χ0n) is 15.5. The third-order valence-corrected chi connectivity index (χ3v) is 7.94. The largest absolute Gasteiger partial charge is 0.462 e. The van der Waals surface area contributed by atoms with Crippen LogP contribution in [0, 0.1) is 28.6 Å². The summed E-state index contributed by atoms with van der Waals surface area (Å²) in [4.78, 5) is 37.0. The van der Waals surface area contributed by atoms with Crippen LogP contribution in [0.5, 0.6) is 0 Å². The fourth-order valence-corrected chi connectivity index (χ4v) is 6.67. The van der Waals surface area contributed by atoms with Gasteiger partial charge in [0.1, 0.15) is 6.10 Å².